The smallest absolute Gasteiger partial charge is 0.0594 e. The van der Waals surface area contributed by atoms with Crippen molar-refractivity contribution in [1.29, 1.82) is 0 Å². The molecule has 1 fully saturated rings. The lowest BCUT2D eigenvalue weighted by molar-refractivity contribution is 0.0356. The summed E-state index contributed by atoms with van der Waals surface area (Å²) < 4.78 is 5.28. The SMILES string of the molecule is C=C(C)N(C)CCN1CCOCC1. The molecule has 1 heterocycles. The zero-order valence-electron chi connectivity index (χ0n) is 8.75. The lowest BCUT2D eigenvalue weighted by Crippen LogP contribution is -2.40. The Kier molecular flexibility index (Phi) is 4.25. The summed E-state index contributed by atoms with van der Waals surface area (Å²) in [5, 5.41) is 0. The van der Waals surface area contributed by atoms with Crippen LogP contribution in [0.15, 0.2) is 12.3 Å². The van der Waals surface area contributed by atoms with E-state index in [4.69, 9.17) is 4.74 Å². The monoisotopic (exact) mass is 184 g/mol. The van der Waals surface area contributed by atoms with E-state index in [1.165, 1.54) is 0 Å². The van der Waals surface area contributed by atoms with Gasteiger partial charge in [-0.3, -0.25) is 4.90 Å². The maximum absolute atomic E-state index is 5.28. The van der Waals surface area contributed by atoms with Crippen LogP contribution in [-0.4, -0.2) is 56.2 Å². The van der Waals surface area contributed by atoms with Gasteiger partial charge in [0.05, 0.1) is 13.2 Å². The second kappa shape index (κ2) is 5.25. The van der Waals surface area contributed by atoms with Crippen molar-refractivity contribution in [2.24, 2.45) is 0 Å². The number of nitrogens with zero attached hydrogens (tertiary/aromatic N) is 2. The summed E-state index contributed by atoms with van der Waals surface area (Å²) in [6.45, 7) is 12.0. The van der Waals surface area contributed by atoms with Gasteiger partial charge in [-0.1, -0.05) is 6.58 Å². The molecule has 0 spiro atoms. The molecule has 0 aromatic rings. The number of hydrogen-bond donors (Lipinski definition) is 0. The molecule has 0 atom stereocenters. The standard InChI is InChI=1S/C10H20N2O/c1-10(2)11(3)4-5-12-6-8-13-9-7-12/h1,4-9H2,2-3H3. The lowest BCUT2D eigenvalue weighted by atomic mass is 10.4. The van der Waals surface area contributed by atoms with E-state index >= 15 is 0 Å². The Labute approximate surface area is 81.0 Å². The molecule has 0 amide bonds. The maximum atomic E-state index is 5.28. The van der Waals surface area contributed by atoms with Gasteiger partial charge in [0.25, 0.3) is 0 Å². The number of rotatable bonds is 4. The van der Waals surface area contributed by atoms with Crippen LogP contribution in [0.4, 0.5) is 0 Å². The first kappa shape index (κ1) is 10.5. The molecule has 1 saturated heterocycles. The predicted molar refractivity (Wildman–Crippen MR) is 54.7 cm³/mol. The fraction of sp³-hybridized carbons (Fsp3) is 0.800. The van der Waals surface area contributed by atoms with Gasteiger partial charge in [0.15, 0.2) is 0 Å². The van der Waals surface area contributed by atoms with Gasteiger partial charge in [-0.25, -0.2) is 0 Å². The molecule has 3 nitrogen and oxygen atoms in total. The number of morpholine rings is 1. The first-order valence-electron chi connectivity index (χ1n) is 4.87. The molecule has 0 bridgehead atoms. The van der Waals surface area contributed by atoms with Gasteiger partial charge in [0, 0.05) is 38.9 Å². The Morgan fingerprint density at radius 3 is 2.62 bits per heavy atom. The summed E-state index contributed by atoms with van der Waals surface area (Å²) >= 11 is 0. The Hall–Kier alpha value is -0.540. The van der Waals surface area contributed by atoms with Crippen LogP contribution in [0.1, 0.15) is 6.92 Å². The summed E-state index contributed by atoms with van der Waals surface area (Å²) in [6.07, 6.45) is 0. The van der Waals surface area contributed by atoms with E-state index in [-0.39, 0.29) is 0 Å². The molecule has 1 rings (SSSR count). The van der Waals surface area contributed by atoms with Crippen molar-refractivity contribution in [3.8, 4) is 0 Å². The van der Waals surface area contributed by atoms with Crippen LogP contribution in [0.3, 0.4) is 0 Å². The molecular formula is C10H20N2O. The zero-order valence-corrected chi connectivity index (χ0v) is 8.75. The van der Waals surface area contributed by atoms with Gasteiger partial charge < -0.3 is 9.64 Å². The van der Waals surface area contributed by atoms with Gasteiger partial charge in [0.1, 0.15) is 0 Å². The minimum atomic E-state index is 0.886. The van der Waals surface area contributed by atoms with Gasteiger partial charge in [-0.15, -0.1) is 0 Å². The summed E-state index contributed by atoms with van der Waals surface area (Å²) in [5.74, 6) is 0. The normalized spacial score (nSPS) is 18.6. The number of likely N-dealkylation sites (N-methyl/N-ethyl adjacent to an activating group) is 1. The summed E-state index contributed by atoms with van der Waals surface area (Å²) in [7, 11) is 2.09. The second-order valence-corrected chi connectivity index (χ2v) is 3.61. The van der Waals surface area contributed by atoms with E-state index in [9.17, 15) is 0 Å². The summed E-state index contributed by atoms with van der Waals surface area (Å²) in [4.78, 5) is 4.62. The topological polar surface area (TPSA) is 15.7 Å². The Morgan fingerprint density at radius 1 is 1.46 bits per heavy atom. The van der Waals surface area contributed by atoms with Gasteiger partial charge in [-0.05, 0) is 6.92 Å². The van der Waals surface area contributed by atoms with E-state index in [1.807, 2.05) is 6.92 Å². The lowest BCUT2D eigenvalue weighted by Gasteiger charge is -2.29. The average Bonchev–Trinajstić information content (AvgIpc) is 2.15. The fourth-order valence-corrected chi connectivity index (χ4v) is 1.31. The van der Waals surface area contributed by atoms with Gasteiger partial charge in [0.2, 0.25) is 0 Å². The van der Waals surface area contributed by atoms with E-state index < -0.39 is 0 Å². The van der Waals surface area contributed by atoms with Crippen LogP contribution in [0, 0.1) is 0 Å². The highest BCUT2D eigenvalue weighted by molar-refractivity contribution is 4.86. The van der Waals surface area contributed by atoms with Crippen molar-refractivity contribution < 1.29 is 4.74 Å². The van der Waals surface area contributed by atoms with Crippen LogP contribution < -0.4 is 0 Å². The van der Waals surface area contributed by atoms with Crippen LogP contribution in [0.2, 0.25) is 0 Å². The van der Waals surface area contributed by atoms with Gasteiger partial charge >= 0.3 is 0 Å². The molecule has 0 aromatic carbocycles. The Morgan fingerprint density at radius 2 is 2.08 bits per heavy atom. The van der Waals surface area contributed by atoms with Crippen LogP contribution >= 0.6 is 0 Å². The van der Waals surface area contributed by atoms with Gasteiger partial charge in [-0.2, -0.15) is 0 Å². The van der Waals surface area contributed by atoms with E-state index in [0.29, 0.717) is 0 Å². The first-order chi connectivity index (χ1) is 6.20. The molecule has 0 aliphatic carbocycles. The second-order valence-electron chi connectivity index (χ2n) is 3.61. The highest BCUT2D eigenvalue weighted by Crippen LogP contribution is 1.99. The number of hydrogen-bond acceptors (Lipinski definition) is 3. The average molecular weight is 184 g/mol. The number of allylic oxidation sites excluding steroid dienone is 1. The van der Waals surface area contributed by atoms with E-state index in [1.54, 1.807) is 0 Å². The Bertz CT molecular complexity index is 164. The quantitative estimate of drug-likeness (QED) is 0.642. The minimum absolute atomic E-state index is 0.886. The van der Waals surface area contributed by atoms with Crippen molar-refractivity contribution >= 4 is 0 Å². The molecule has 76 valence electrons. The van der Waals surface area contributed by atoms with Crippen molar-refractivity contribution in [2.45, 2.75) is 6.92 Å². The van der Waals surface area contributed by atoms with Crippen molar-refractivity contribution in [2.75, 3.05) is 46.4 Å². The molecule has 1 aliphatic rings. The van der Waals surface area contributed by atoms with Crippen molar-refractivity contribution in [3.63, 3.8) is 0 Å². The summed E-state index contributed by atoms with van der Waals surface area (Å²) in [6, 6.07) is 0. The molecule has 1 aliphatic heterocycles. The third-order valence-electron chi connectivity index (χ3n) is 2.51. The van der Waals surface area contributed by atoms with Crippen molar-refractivity contribution in [3.05, 3.63) is 12.3 Å². The Balaban J connectivity index is 2.13. The van der Waals surface area contributed by atoms with E-state index in [2.05, 4.69) is 23.4 Å². The predicted octanol–water partition coefficient (Wildman–Crippen LogP) is 0.784. The molecule has 13 heavy (non-hydrogen) atoms. The molecule has 0 saturated carbocycles. The van der Waals surface area contributed by atoms with Crippen LogP contribution in [0.5, 0.6) is 0 Å². The third-order valence-corrected chi connectivity index (χ3v) is 2.51. The molecule has 3 heteroatoms. The molecule has 0 radical (unpaired) electrons. The minimum Gasteiger partial charge on any atom is -0.379 e. The number of ether oxygens (including phenoxy) is 1. The molecule has 0 unspecified atom stereocenters. The van der Waals surface area contributed by atoms with E-state index in [0.717, 1.165) is 45.1 Å². The maximum Gasteiger partial charge on any atom is 0.0594 e. The molecule has 0 aromatic heterocycles. The first-order valence-corrected chi connectivity index (χ1v) is 4.87. The zero-order chi connectivity index (χ0) is 9.68. The van der Waals surface area contributed by atoms with Crippen LogP contribution in [-0.2, 0) is 4.74 Å². The fourth-order valence-electron chi connectivity index (χ4n) is 1.31. The largest absolute Gasteiger partial charge is 0.379 e. The van der Waals surface area contributed by atoms with Crippen molar-refractivity contribution in [1.82, 2.24) is 9.80 Å². The molecular weight excluding hydrogens is 164 g/mol. The van der Waals surface area contributed by atoms with Crippen LogP contribution in [0.25, 0.3) is 0 Å². The highest BCUT2D eigenvalue weighted by atomic mass is 16.5. The summed E-state index contributed by atoms with van der Waals surface area (Å²) in [5.41, 5.74) is 1.13. The third kappa shape index (κ3) is 3.79. The highest BCUT2D eigenvalue weighted by Gasteiger charge is 2.10. The molecule has 0 N–H and O–H groups in total.